The van der Waals surface area contributed by atoms with E-state index in [4.69, 9.17) is 9.94 Å². The van der Waals surface area contributed by atoms with Crippen LogP contribution in [0.25, 0.3) is 0 Å². The maximum atomic E-state index is 11.5. The highest BCUT2D eigenvalue weighted by Gasteiger charge is 2.32. The average Bonchev–Trinajstić information content (AvgIpc) is 2.73. The summed E-state index contributed by atoms with van der Waals surface area (Å²) >= 11 is 0. The van der Waals surface area contributed by atoms with Gasteiger partial charge in [0, 0.05) is 25.9 Å². The first-order valence-corrected chi connectivity index (χ1v) is 7.32. The Bertz CT molecular complexity index is 326. The molecule has 0 aromatic rings. The fourth-order valence-electron chi connectivity index (χ4n) is 2.07. The summed E-state index contributed by atoms with van der Waals surface area (Å²) in [5.74, 6) is -1.40. The van der Waals surface area contributed by atoms with E-state index in [2.05, 4.69) is 0 Å². The number of hydroxylamine groups is 2. The summed E-state index contributed by atoms with van der Waals surface area (Å²) < 4.78 is 0. The lowest BCUT2D eigenvalue weighted by atomic mass is 10.1. The molecule has 0 aliphatic carbocycles. The van der Waals surface area contributed by atoms with Crippen LogP contribution in [-0.4, -0.2) is 34.6 Å². The summed E-state index contributed by atoms with van der Waals surface area (Å²) in [6.45, 7) is 0.250. The lowest BCUT2D eigenvalue weighted by Gasteiger charge is -2.12. The first-order chi connectivity index (χ1) is 9.65. The Morgan fingerprint density at radius 3 is 2.00 bits per heavy atom. The molecule has 0 saturated carbocycles. The van der Waals surface area contributed by atoms with E-state index in [9.17, 15) is 14.4 Å². The number of amides is 2. The second kappa shape index (κ2) is 9.47. The molecule has 20 heavy (non-hydrogen) atoms. The number of aliphatic hydroxyl groups is 1. The molecule has 0 unspecified atom stereocenters. The summed E-state index contributed by atoms with van der Waals surface area (Å²) in [5.41, 5.74) is 0. The lowest BCUT2D eigenvalue weighted by molar-refractivity contribution is -0.197. The van der Waals surface area contributed by atoms with Crippen LogP contribution >= 0.6 is 0 Å². The monoisotopic (exact) mass is 285 g/mol. The van der Waals surface area contributed by atoms with Crippen molar-refractivity contribution in [2.75, 3.05) is 6.61 Å². The van der Waals surface area contributed by atoms with Gasteiger partial charge >= 0.3 is 5.97 Å². The summed E-state index contributed by atoms with van der Waals surface area (Å²) in [5, 5.41) is 9.21. The van der Waals surface area contributed by atoms with Crippen molar-refractivity contribution in [2.24, 2.45) is 0 Å². The predicted octanol–water partition coefficient (Wildman–Crippen LogP) is 1.71. The molecule has 1 heterocycles. The second-order valence-electron chi connectivity index (χ2n) is 4.99. The van der Waals surface area contributed by atoms with Gasteiger partial charge in [-0.15, -0.1) is 5.06 Å². The zero-order chi connectivity index (χ0) is 14.8. The summed E-state index contributed by atoms with van der Waals surface area (Å²) in [6, 6.07) is 0. The van der Waals surface area contributed by atoms with Gasteiger partial charge in [-0.2, -0.15) is 0 Å². The van der Waals surface area contributed by atoms with Gasteiger partial charge in [-0.25, -0.2) is 4.79 Å². The maximum Gasteiger partial charge on any atom is 0.333 e. The molecule has 1 rings (SSSR count). The third kappa shape index (κ3) is 6.14. The molecule has 1 saturated heterocycles. The minimum Gasteiger partial charge on any atom is -0.396 e. The number of aliphatic hydroxyl groups excluding tert-OH is 1. The molecule has 0 spiro atoms. The first-order valence-electron chi connectivity index (χ1n) is 7.32. The van der Waals surface area contributed by atoms with E-state index < -0.39 is 17.8 Å². The van der Waals surface area contributed by atoms with Crippen molar-refractivity contribution in [1.82, 2.24) is 5.06 Å². The Labute approximate surface area is 119 Å². The molecule has 114 valence electrons. The van der Waals surface area contributed by atoms with Gasteiger partial charge in [-0.3, -0.25) is 9.59 Å². The number of nitrogens with zero attached hydrogens (tertiary/aromatic N) is 1. The van der Waals surface area contributed by atoms with Crippen molar-refractivity contribution in [1.29, 1.82) is 0 Å². The minimum absolute atomic E-state index is 0.125. The molecule has 1 aliphatic rings. The van der Waals surface area contributed by atoms with Crippen LogP contribution in [0, 0.1) is 0 Å². The summed E-state index contributed by atoms with van der Waals surface area (Å²) in [6.07, 6.45) is 7.24. The molecule has 0 aromatic heterocycles. The van der Waals surface area contributed by atoms with Crippen molar-refractivity contribution in [3.05, 3.63) is 0 Å². The average molecular weight is 285 g/mol. The smallest absolute Gasteiger partial charge is 0.333 e. The molecule has 1 N–H and O–H groups in total. The minimum atomic E-state index is -0.520. The van der Waals surface area contributed by atoms with E-state index >= 15 is 0 Å². The van der Waals surface area contributed by atoms with E-state index in [1.165, 1.54) is 0 Å². The van der Waals surface area contributed by atoms with Crippen molar-refractivity contribution in [3.63, 3.8) is 0 Å². The van der Waals surface area contributed by atoms with Crippen LogP contribution in [0.1, 0.15) is 64.2 Å². The van der Waals surface area contributed by atoms with Crippen LogP contribution in [0.15, 0.2) is 0 Å². The Morgan fingerprint density at radius 1 is 0.950 bits per heavy atom. The number of rotatable bonds is 10. The number of carbonyl (C=O) groups is 3. The third-order valence-corrected chi connectivity index (χ3v) is 3.24. The summed E-state index contributed by atoms with van der Waals surface area (Å²) in [7, 11) is 0. The Balaban J connectivity index is 2.00. The molecule has 1 aliphatic heterocycles. The molecule has 0 atom stereocenters. The van der Waals surface area contributed by atoms with Crippen LogP contribution in [-0.2, 0) is 19.2 Å². The highest BCUT2D eigenvalue weighted by atomic mass is 16.7. The number of hydrogen-bond acceptors (Lipinski definition) is 5. The fourth-order valence-corrected chi connectivity index (χ4v) is 2.07. The fraction of sp³-hybridized carbons (Fsp3) is 0.786. The topological polar surface area (TPSA) is 83.9 Å². The van der Waals surface area contributed by atoms with Gasteiger partial charge < -0.3 is 9.94 Å². The van der Waals surface area contributed by atoms with Crippen LogP contribution in [0.4, 0.5) is 0 Å². The Hall–Kier alpha value is -1.43. The van der Waals surface area contributed by atoms with Crippen LogP contribution in [0.3, 0.4) is 0 Å². The highest BCUT2D eigenvalue weighted by molar-refractivity contribution is 6.01. The normalized spacial score (nSPS) is 14.9. The summed E-state index contributed by atoms with van der Waals surface area (Å²) in [4.78, 5) is 38.7. The van der Waals surface area contributed by atoms with Gasteiger partial charge in [0.1, 0.15) is 0 Å². The number of carbonyl (C=O) groups excluding carboxylic acids is 3. The third-order valence-electron chi connectivity index (χ3n) is 3.24. The number of imide groups is 1. The van der Waals surface area contributed by atoms with Gasteiger partial charge in [0.2, 0.25) is 0 Å². The predicted molar refractivity (Wildman–Crippen MR) is 71.2 cm³/mol. The van der Waals surface area contributed by atoms with E-state index in [0.29, 0.717) is 11.5 Å². The van der Waals surface area contributed by atoms with Crippen LogP contribution in [0.5, 0.6) is 0 Å². The standard InChI is InChI=1S/C14H23NO5/c16-11-7-5-3-1-2-4-6-8-14(19)20-15-12(17)9-10-13(15)18/h16H,1-11H2. The first kappa shape index (κ1) is 16.6. The van der Waals surface area contributed by atoms with Crippen molar-refractivity contribution in [2.45, 2.75) is 64.2 Å². The van der Waals surface area contributed by atoms with Crippen molar-refractivity contribution in [3.8, 4) is 0 Å². The zero-order valence-electron chi connectivity index (χ0n) is 11.8. The van der Waals surface area contributed by atoms with Crippen LogP contribution in [0.2, 0.25) is 0 Å². The van der Waals surface area contributed by atoms with Gasteiger partial charge in [0.15, 0.2) is 0 Å². The quantitative estimate of drug-likeness (QED) is 0.488. The second-order valence-corrected chi connectivity index (χ2v) is 4.99. The molecule has 0 radical (unpaired) electrons. The van der Waals surface area contributed by atoms with Gasteiger partial charge in [-0.05, 0) is 12.8 Å². The SMILES string of the molecule is O=C(CCCCCCCCCO)ON1C(=O)CCC1=O. The van der Waals surface area contributed by atoms with Gasteiger partial charge in [0.25, 0.3) is 11.8 Å². The molecule has 0 bridgehead atoms. The molecular formula is C14H23NO5. The molecule has 0 aromatic carbocycles. The van der Waals surface area contributed by atoms with E-state index in [1.807, 2.05) is 0 Å². The van der Waals surface area contributed by atoms with Gasteiger partial charge in [-0.1, -0.05) is 32.1 Å². The maximum absolute atomic E-state index is 11.5. The molecule has 1 fully saturated rings. The van der Waals surface area contributed by atoms with E-state index in [1.54, 1.807) is 0 Å². The van der Waals surface area contributed by atoms with E-state index in [-0.39, 0.29) is 25.9 Å². The van der Waals surface area contributed by atoms with Crippen molar-refractivity contribution < 1.29 is 24.3 Å². The van der Waals surface area contributed by atoms with E-state index in [0.717, 1.165) is 38.5 Å². The molecule has 6 heteroatoms. The molecule has 6 nitrogen and oxygen atoms in total. The Morgan fingerprint density at radius 2 is 1.45 bits per heavy atom. The molecular weight excluding hydrogens is 262 g/mol. The zero-order valence-corrected chi connectivity index (χ0v) is 11.8. The Kier molecular flexibility index (Phi) is 7.87. The lowest BCUT2D eigenvalue weighted by Crippen LogP contribution is -2.31. The number of hydrogen-bond donors (Lipinski definition) is 1. The van der Waals surface area contributed by atoms with Gasteiger partial charge in [0.05, 0.1) is 0 Å². The number of unbranched alkanes of at least 4 members (excludes halogenated alkanes) is 6. The van der Waals surface area contributed by atoms with Crippen LogP contribution < -0.4 is 0 Å². The largest absolute Gasteiger partial charge is 0.396 e. The molecule has 2 amide bonds. The van der Waals surface area contributed by atoms with Crippen molar-refractivity contribution >= 4 is 17.8 Å². The highest BCUT2D eigenvalue weighted by Crippen LogP contribution is 2.14.